The lowest BCUT2D eigenvalue weighted by molar-refractivity contribution is -0.118. The molecular weight excluding hydrogens is 252 g/mol. The highest BCUT2D eigenvalue weighted by molar-refractivity contribution is 5.73. The Labute approximate surface area is 120 Å². The zero-order valence-corrected chi connectivity index (χ0v) is 12.3. The van der Waals surface area contributed by atoms with Crippen LogP contribution in [-0.2, 0) is 4.79 Å². The fraction of sp³-hybridized carbons (Fsp3) is 0.562. The van der Waals surface area contributed by atoms with Crippen molar-refractivity contribution in [2.45, 2.75) is 51.2 Å². The molecule has 1 aliphatic heterocycles. The SMILES string of the molecule is CC1(C)CC(NCCCCC(N)=O)c2ccccc2O1. The Hall–Kier alpha value is -1.55. The van der Waals surface area contributed by atoms with E-state index in [2.05, 4.69) is 25.2 Å². The number of rotatable bonds is 6. The molecule has 0 bridgehead atoms. The number of ether oxygens (including phenoxy) is 1. The summed E-state index contributed by atoms with van der Waals surface area (Å²) in [4.78, 5) is 10.7. The van der Waals surface area contributed by atoms with E-state index in [-0.39, 0.29) is 11.5 Å². The van der Waals surface area contributed by atoms with Gasteiger partial charge in [-0.2, -0.15) is 0 Å². The molecule has 3 N–H and O–H groups in total. The van der Waals surface area contributed by atoms with Crippen LogP contribution in [0, 0.1) is 0 Å². The van der Waals surface area contributed by atoms with Crippen LogP contribution < -0.4 is 15.8 Å². The third-order valence-electron chi connectivity index (χ3n) is 3.62. The van der Waals surface area contributed by atoms with Gasteiger partial charge in [0.1, 0.15) is 11.4 Å². The summed E-state index contributed by atoms with van der Waals surface area (Å²) < 4.78 is 6.01. The van der Waals surface area contributed by atoms with Gasteiger partial charge in [-0.25, -0.2) is 0 Å². The molecule has 1 aliphatic rings. The molecule has 1 aromatic rings. The average Bonchev–Trinajstić information content (AvgIpc) is 2.36. The first kappa shape index (κ1) is 14.9. The number of para-hydroxylation sites is 1. The molecule has 1 heterocycles. The highest BCUT2D eigenvalue weighted by Crippen LogP contribution is 2.39. The number of fused-ring (bicyclic) bond motifs is 1. The molecule has 2 rings (SSSR count). The van der Waals surface area contributed by atoms with Crippen molar-refractivity contribution in [1.29, 1.82) is 0 Å². The van der Waals surface area contributed by atoms with Gasteiger partial charge >= 0.3 is 0 Å². The lowest BCUT2D eigenvalue weighted by Crippen LogP contribution is -2.39. The summed E-state index contributed by atoms with van der Waals surface area (Å²) in [6.45, 7) is 5.12. The number of carbonyl (C=O) groups is 1. The molecule has 0 radical (unpaired) electrons. The van der Waals surface area contributed by atoms with Crippen molar-refractivity contribution in [2.24, 2.45) is 5.73 Å². The van der Waals surface area contributed by atoms with Crippen molar-refractivity contribution < 1.29 is 9.53 Å². The van der Waals surface area contributed by atoms with E-state index >= 15 is 0 Å². The first-order valence-corrected chi connectivity index (χ1v) is 7.27. The summed E-state index contributed by atoms with van der Waals surface area (Å²) in [5.74, 6) is 0.751. The predicted molar refractivity (Wildman–Crippen MR) is 79.6 cm³/mol. The first-order chi connectivity index (χ1) is 9.48. The minimum Gasteiger partial charge on any atom is -0.487 e. The van der Waals surface area contributed by atoms with Crippen LogP contribution in [0.1, 0.15) is 51.1 Å². The number of benzene rings is 1. The van der Waals surface area contributed by atoms with Gasteiger partial charge in [-0.05, 0) is 39.3 Å². The molecule has 110 valence electrons. The van der Waals surface area contributed by atoms with Crippen molar-refractivity contribution in [1.82, 2.24) is 5.32 Å². The van der Waals surface area contributed by atoms with E-state index in [1.165, 1.54) is 5.56 Å². The summed E-state index contributed by atoms with van der Waals surface area (Å²) in [6, 6.07) is 8.50. The molecule has 1 unspecified atom stereocenters. The molecule has 0 spiro atoms. The quantitative estimate of drug-likeness (QED) is 0.785. The normalized spacial score (nSPS) is 20.0. The molecule has 0 aromatic heterocycles. The van der Waals surface area contributed by atoms with Gasteiger partial charge in [-0.15, -0.1) is 0 Å². The molecule has 20 heavy (non-hydrogen) atoms. The van der Waals surface area contributed by atoms with E-state index < -0.39 is 0 Å². The monoisotopic (exact) mass is 276 g/mol. The summed E-state index contributed by atoms with van der Waals surface area (Å²) in [7, 11) is 0. The first-order valence-electron chi connectivity index (χ1n) is 7.27. The Kier molecular flexibility index (Phi) is 4.65. The fourth-order valence-corrected chi connectivity index (χ4v) is 2.68. The molecule has 1 aromatic carbocycles. The number of carbonyl (C=O) groups excluding carboxylic acids is 1. The molecule has 4 heteroatoms. The minimum absolute atomic E-state index is 0.154. The summed E-state index contributed by atoms with van der Waals surface area (Å²) >= 11 is 0. The molecule has 0 fully saturated rings. The highest BCUT2D eigenvalue weighted by atomic mass is 16.5. The number of hydrogen-bond donors (Lipinski definition) is 2. The number of nitrogens with one attached hydrogen (secondary N) is 1. The zero-order chi connectivity index (χ0) is 14.6. The van der Waals surface area contributed by atoms with E-state index in [1.807, 2.05) is 18.2 Å². The fourth-order valence-electron chi connectivity index (χ4n) is 2.68. The second-order valence-electron chi connectivity index (χ2n) is 6.03. The number of amides is 1. The molecule has 0 aliphatic carbocycles. The highest BCUT2D eigenvalue weighted by Gasteiger charge is 2.32. The van der Waals surface area contributed by atoms with Gasteiger partial charge in [0, 0.05) is 24.4 Å². The predicted octanol–water partition coefficient (Wildman–Crippen LogP) is 2.53. The van der Waals surface area contributed by atoms with E-state index in [1.54, 1.807) is 0 Å². The number of nitrogens with two attached hydrogens (primary N) is 1. The van der Waals surface area contributed by atoms with Gasteiger partial charge in [0.05, 0.1) is 0 Å². The maximum Gasteiger partial charge on any atom is 0.217 e. The Morgan fingerprint density at radius 1 is 1.40 bits per heavy atom. The Balaban J connectivity index is 1.92. The Bertz CT molecular complexity index is 471. The van der Waals surface area contributed by atoms with Crippen LogP contribution in [0.2, 0.25) is 0 Å². The lowest BCUT2D eigenvalue weighted by atomic mass is 9.89. The molecule has 1 atom stereocenters. The van der Waals surface area contributed by atoms with E-state index in [0.29, 0.717) is 12.5 Å². The van der Waals surface area contributed by atoms with Crippen molar-refractivity contribution in [3.63, 3.8) is 0 Å². The van der Waals surface area contributed by atoms with Crippen LogP contribution in [0.5, 0.6) is 5.75 Å². The Morgan fingerprint density at radius 2 is 2.15 bits per heavy atom. The van der Waals surface area contributed by atoms with Crippen molar-refractivity contribution >= 4 is 5.91 Å². The Morgan fingerprint density at radius 3 is 2.90 bits per heavy atom. The van der Waals surface area contributed by atoms with Gasteiger partial charge in [0.15, 0.2) is 0 Å². The van der Waals surface area contributed by atoms with E-state index in [0.717, 1.165) is 31.6 Å². The van der Waals surface area contributed by atoms with Crippen molar-refractivity contribution in [3.8, 4) is 5.75 Å². The van der Waals surface area contributed by atoms with Crippen LogP contribution in [-0.4, -0.2) is 18.1 Å². The third-order valence-corrected chi connectivity index (χ3v) is 3.62. The number of primary amides is 1. The maximum absolute atomic E-state index is 10.7. The van der Waals surface area contributed by atoms with Gasteiger partial charge in [0.2, 0.25) is 5.91 Å². The lowest BCUT2D eigenvalue weighted by Gasteiger charge is -2.38. The topological polar surface area (TPSA) is 64.3 Å². The zero-order valence-electron chi connectivity index (χ0n) is 12.3. The van der Waals surface area contributed by atoms with Crippen LogP contribution in [0.25, 0.3) is 0 Å². The second kappa shape index (κ2) is 6.27. The molecule has 1 amide bonds. The minimum atomic E-state index is -0.220. The maximum atomic E-state index is 10.7. The average molecular weight is 276 g/mol. The van der Waals surface area contributed by atoms with Crippen LogP contribution in [0.4, 0.5) is 0 Å². The van der Waals surface area contributed by atoms with Gasteiger partial charge in [-0.1, -0.05) is 18.2 Å². The number of unbranched alkanes of at least 4 members (excludes halogenated alkanes) is 1. The van der Waals surface area contributed by atoms with Gasteiger partial charge in [0.25, 0.3) is 0 Å². The van der Waals surface area contributed by atoms with Crippen LogP contribution in [0.3, 0.4) is 0 Å². The third kappa shape index (κ3) is 3.97. The summed E-state index contributed by atoms with van der Waals surface area (Å²) in [5, 5.41) is 3.58. The van der Waals surface area contributed by atoms with Gasteiger partial charge < -0.3 is 15.8 Å². The smallest absolute Gasteiger partial charge is 0.217 e. The van der Waals surface area contributed by atoms with Crippen molar-refractivity contribution in [3.05, 3.63) is 29.8 Å². The second-order valence-corrected chi connectivity index (χ2v) is 6.03. The summed E-state index contributed by atoms with van der Waals surface area (Å²) in [5.41, 5.74) is 6.21. The molecule has 0 saturated heterocycles. The molecule has 0 saturated carbocycles. The standard InChI is InChI=1S/C16H24N2O2/c1-16(2)11-13(18-10-6-5-9-15(17)19)12-7-3-4-8-14(12)20-16/h3-4,7-8,13,18H,5-6,9-11H2,1-2H3,(H2,17,19). The largest absolute Gasteiger partial charge is 0.487 e. The summed E-state index contributed by atoms with van der Waals surface area (Å²) in [6.07, 6.45) is 3.22. The van der Waals surface area contributed by atoms with Crippen LogP contribution >= 0.6 is 0 Å². The van der Waals surface area contributed by atoms with Gasteiger partial charge in [-0.3, -0.25) is 4.79 Å². The molecule has 4 nitrogen and oxygen atoms in total. The molecular formula is C16H24N2O2. The van der Waals surface area contributed by atoms with Crippen LogP contribution in [0.15, 0.2) is 24.3 Å². The number of hydrogen-bond acceptors (Lipinski definition) is 3. The van der Waals surface area contributed by atoms with E-state index in [9.17, 15) is 4.79 Å². The van der Waals surface area contributed by atoms with Crippen molar-refractivity contribution in [2.75, 3.05) is 6.54 Å². The van der Waals surface area contributed by atoms with E-state index in [4.69, 9.17) is 10.5 Å².